The number of aryl methyl sites for hydroxylation is 1. The summed E-state index contributed by atoms with van der Waals surface area (Å²) in [6, 6.07) is 11.5. The first-order valence-corrected chi connectivity index (χ1v) is 17.7. The van der Waals surface area contributed by atoms with Gasteiger partial charge in [0, 0.05) is 35.7 Å². The van der Waals surface area contributed by atoms with Gasteiger partial charge in [0.25, 0.3) is 5.91 Å². The Bertz CT molecular complexity index is 1510. The zero-order valence-electron chi connectivity index (χ0n) is 25.1. The second-order valence-corrected chi connectivity index (χ2v) is 15.8. The van der Waals surface area contributed by atoms with Crippen LogP contribution < -0.4 is 14.4 Å². The topological polar surface area (TPSA) is 95.9 Å². The van der Waals surface area contributed by atoms with Gasteiger partial charge in [-0.2, -0.15) is 0 Å². The maximum Gasteiger partial charge on any atom is 0.264 e. The Balaban J connectivity index is 1.41. The third-order valence-corrected chi connectivity index (χ3v) is 12.7. The number of hydrogen-bond acceptors (Lipinski definition) is 6. The first kappa shape index (κ1) is 30.5. The molecule has 1 spiro atoms. The van der Waals surface area contributed by atoms with Crippen molar-refractivity contribution in [1.82, 2.24) is 4.72 Å². The van der Waals surface area contributed by atoms with Crippen LogP contribution in [0.15, 0.2) is 48.6 Å². The monoisotopic (exact) mass is 626 g/mol. The lowest BCUT2D eigenvalue weighted by Crippen LogP contribution is -2.48. The van der Waals surface area contributed by atoms with Gasteiger partial charge < -0.3 is 14.7 Å². The number of aliphatic hydroxyl groups is 1. The lowest BCUT2D eigenvalue weighted by Gasteiger charge is -2.44. The SMILES string of the molecule is C[C@@H]1[C@@H](C)C[C@H](CCO)/C=C/[C@@H]2CC[C@H]2CN2C[C@@]3(CCCc4cc(Cl)ccc43)COc3ccc(cc32)C(=O)NS1(=O)=O. The minimum absolute atomic E-state index is 0.0493. The molecule has 0 radical (unpaired) electrons. The molecular formula is C34H43ClN2O5S. The number of nitrogens with zero attached hydrogens (tertiary/aromatic N) is 1. The van der Waals surface area contributed by atoms with Crippen molar-refractivity contribution in [3.63, 3.8) is 0 Å². The van der Waals surface area contributed by atoms with E-state index < -0.39 is 21.2 Å². The molecule has 4 aliphatic rings. The van der Waals surface area contributed by atoms with Crippen molar-refractivity contribution in [2.45, 2.75) is 69.5 Å². The second-order valence-electron chi connectivity index (χ2n) is 13.3. The van der Waals surface area contributed by atoms with Crippen molar-refractivity contribution in [2.24, 2.45) is 23.7 Å². The molecular weight excluding hydrogens is 584 g/mol. The smallest absolute Gasteiger partial charge is 0.264 e. The van der Waals surface area contributed by atoms with Crippen molar-refractivity contribution in [3.8, 4) is 5.75 Å². The van der Waals surface area contributed by atoms with Gasteiger partial charge in [-0.15, -0.1) is 0 Å². The van der Waals surface area contributed by atoms with Gasteiger partial charge >= 0.3 is 0 Å². The van der Waals surface area contributed by atoms with Gasteiger partial charge in [0.15, 0.2) is 0 Å². The second kappa shape index (κ2) is 12.1. The van der Waals surface area contributed by atoms with E-state index in [2.05, 4.69) is 33.9 Å². The number of anilines is 1. The van der Waals surface area contributed by atoms with Gasteiger partial charge in [0.05, 0.1) is 17.5 Å². The Morgan fingerprint density at radius 3 is 2.74 bits per heavy atom. The number of rotatable bonds is 2. The molecule has 2 N–H and O–H groups in total. The van der Waals surface area contributed by atoms with E-state index >= 15 is 0 Å². The summed E-state index contributed by atoms with van der Waals surface area (Å²) >= 11 is 6.40. The van der Waals surface area contributed by atoms with Crippen LogP contribution in [0, 0.1) is 23.7 Å². The molecule has 6 atom stereocenters. The lowest BCUT2D eigenvalue weighted by molar-refractivity contribution is 0.0980. The molecule has 2 bridgehead atoms. The fourth-order valence-corrected chi connectivity index (χ4v) is 9.11. The van der Waals surface area contributed by atoms with Crippen LogP contribution in [-0.2, 0) is 21.9 Å². The number of amides is 1. The van der Waals surface area contributed by atoms with E-state index in [0.29, 0.717) is 36.8 Å². The number of allylic oxidation sites excluding steroid dienone is 2. The molecule has 0 aromatic heterocycles. The standard InChI is InChI=1S/C34H43ClN2O5S/c1-22-16-24(13-15-38)5-6-25-7-8-28(25)19-37-20-34(14-3-4-26-17-29(35)10-11-30(26)34)21-42-32-12-9-27(18-31(32)37)33(39)36-43(40,41)23(22)2/h5-6,9-12,17-18,22-25,28,38H,3-4,7-8,13-16,19-21H2,1-2H3,(H,36,39)/b6-5+/t22-,23+,24-,25+,28-,34-/m0/s1. The molecule has 2 aliphatic carbocycles. The average molecular weight is 627 g/mol. The molecule has 6 rings (SSSR count). The highest BCUT2D eigenvalue weighted by Gasteiger charge is 2.43. The summed E-state index contributed by atoms with van der Waals surface area (Å²) in [4.78, 5) is 15.8. The van der Waals surface area contributed by atoms with Gasteiger partial charge in [0.2, 0.25) is 10.0 Å². The Kier molecular flexibility index (Phi) is 8.57. The number of sulfonamides is 1. The molecule has 1 amide bonds. The average Bonchev–Trinajstić information content (AvgIpc) is 3.11. The fraction of sp³-hybridized carbons (Fsp3) is 0.559. The number of aliphatic hydroxyl groups excluding tert-OH is 1. The molecule has 232 valence electrons. The highest BCUT2D eigenvalue weighted by molar-refractivity contribution is 7.90. The summed E-state index contributed by atoms with van der Waals surface area (Å²) in [5.74, 6) is 0.829. The molecule has 2 aromatic rings. The first-order valence-electron chi connectivity index (χ1n) is 15.7. The lowest BCUT2D eigenvalue weighted by atomic mass is 9.69. The summed E-state index contributed by atoms with van der Waals surface area (Å²) in [6.45, 7) is 5.70. The molecule has 0 saturated heterocycles. The van der Waals surface area contributed by atoms with Gasteiger partial charge in [-0.3, -0.25) is 4.79 Å². The van der Waals surface area contributed by atoms with Crippen LogP contribution in [0.5, 0.6) is 5.75 Å². The molecule has 9 heteroatoms. The van der Waals surface area contributed by atoms with E-state index in [0.717, 1.165) is 61.7 Å². The maximum atomic E-state index is 13.4. The van der Waals surface area contributed by atoms with Crippen LogP contribution in [0.1, 0.15) is 73.9 Å². The van der Waals surface area contributed by atoms with Crippen LogP contribution in [-0.4, -0.2) is 51.0 Å². The van der Waals surface area contributed by atoms with E-state index in [9.17, 15) is 18.3 Å². The van der Waals surface area contributed by atoms with E-state index in [4.69, 9.17) is 16.3 Å². The Labute approximate surface area is 260 Å². The third kappa shape index (κ3) is 6.07. The van der Waals surface area contributed by atoms with Crippen molar-refractivity contribution in [1.29, 1.82) is 0 Å². The minimum atomic E-state index is -3.93. The molecule has 7 nitrogen and oxygen atoms in total. The van der Waals surface area contributed by atoms with Gasteiger partial charge in [-0.05, 0) is 117 Å². The molecule has 2 heterocycles. The van der Waals surface area contributed by atoms with Crippen molar-refractivity contribution in [3.05, 3.63) is 70.3 Å². The summed E-state index contributed by atoms with van der Waals surface area (Å²) in [5.41, 5.74) is 3.47. The summed E-state index contributed by atoms with van der Waals surface area (Å²) in [6.07, 6.45) is 11.0. The van der Waals surface area contributed by atoms with E-state index in [-0.39, 0.29) is 23.9 Å². The predicted molar refractivity (Wildman–Crippen MR) is 170 cm³/mol. The fourth-order valence-electron chi connectivity index (χ4n) is 7.63. The molecule has 0 unspecified atom stereocenters. The van der Waals surface area contributed by atoms with Gasteiger partial charge in [0.1, 0.15) is 5.75 Å². The number of fused-ring (bicyclic) bond motifs is 4. The maximum absolute atomic E-state index is 13.4. The van der Waals surface area contributed by atoms with Gasteiger partial charge in [-0.1, -0.05) is 36.7 Å². The highest BCUT2D eigenvalue weighted by atomic mass is 35.5. The zero-order valence-corrected chi connectivity index (χ0v) is 26.7. The van der Waals surface area contributed by atoms with E-state index in [1.807, 2.05) is 25.1 Å². The summed E-state index contributed by atoms with van der Waals surface area (Å²) in [7, 11) is -3.93. The van der Waals surface area contributed by atoms with E-state index in [1.165, 1.54) is 11.1 Å². The highest BCUT2D eigenvalue weighted by Crippen LogP contribution is 2.46. The van der Waals surface area contributed by atoms with E-state index in [1.54, 1.807) is 13.0 Å². The van der Waals surface area contributed by atoms with Crippen molar-refractivity contribution >= 4 is 33.2 Å². The number of nitrogens with one attached hydrogen (secondary N) is 1. The number of benzene rings is 2. The Morgan fingerprint density at radius 1 is 1.14 bits per heavy atom. The minimum Gasteiger partial charge on any atom is -0.490 e. The first-order chi connectivity index (χ1) is 20.6. The Morgan fingerprint density at radius 2 is 1.98 bits per heavy atom. The number of carbonyl (C=O) groups is 1. The molecule has 43 heavy (non-hydrogen) atoms. The molecule has 1 saturated carbocycles. The summed E-state index contributed by atoms with van der Waals surface area (Å²) in [5, 5.41) is 9.73. The van der Waals surface area contributed by atoms with Crippen LogP contribution >= 0.6 is 11.6 Å². The molecule has 1 fully saturated rings. The Hall–Kier alpha value is -2.55. The van der Waals surface area contributed by atoms with Crippen LogP contribution in [0.25, 0.3) is 0 Å². The van der Waals surface area contributed by atoms with Crippen LogP contribution in [0.2, 0.25) is 5.02 Å². The molecule has 2 aromatic carbocycles. The van der Waals surface area contributed by atoms with Crippen LogP contribution in [0.3, 0.4) is 0 Å². The molecule has 2 aliphatic heterocycles. The number of carbonyl (C=O) groups excluding carboxylic acids is 1. The number of hydrogen-bond donors (Lipinski definition) is 2. The van der Waals surface area contributed by atoms with Crippen LogP contribution in [0.4, 0.5) is 5.69 Å². The summed E-state index contributed by atoms with van der Waals surface area (Å²) < 4.78 is 35.6. The van der Waals surface area contributed by atoms with Crippen molar-refractivity contribution in [2.75, 3.05) is 31.2 Å². The van der Waals surface area contributed by atoms with Gasteiger partial charge in [-0.25, -0.2) is 13.1 Å². The third-order valence-electron chi connectivity index (χ3n) is 10.6. The zero-order chi connectivity index (χ0) is 30.4. The predicted octanol–water partition coefficient (Wildman–Crippen LogP) is 5.88. The normalized spacial score (nSPS) is 32.8. The largest absolute Gasteiger partial charge is 0.490 e. The quantitative estimate of drug-likeness (QED) is 0.404. The number of ether oxygens (including phenoxy) is 1. The van der Waals surface area contributed by atoms with Crippen molar-refractivity contribution < 1.29 is 23.1 Å². The number of halogens is 1.